The lowest BCUT2D eigenvalue weighted by molar-refractivity contribution is 0.660. The van der Waals surface area contributed by atoms with Crippen LogP contribution in [0.1, 0.15) is 25.0 Å². The fourth-order valence-corrected chi connectivity index (χ4v) is 9.48. The number of rotatable bonds is 7. The molecule has 10 aromatic rings. The van der Waals surface area contributed by atoms with Gasteiger partial charge in [0, 0.05) is 38.9 Å². The van der Waals surface area contributed by atoms with E-state index in [1.807, 2.05) is 0 Å². The average Bonchev–Trinajstić information content (AvgIpc) is 3.75. The van der Waals surface area contributed by atoms with Crippen LogP contribution < -0.4 is 4.90 Å². The largest absolute Gasteiger partial charge is 0.310 e. The molecule has 2 nitrogen and oxygen atoms in total. The standard InChI is InChI=1S/C57H42N2/c1-57(2)52-23-13-12-21-49(52)50-35-33-46(37-53(50)57)58(45-31-29-42(30-32-45)40-17-8-4-9-18-40)47-34-36-51-55(38-47)59(44-19-10-5-11-20-44)54-24-14-22-48(56(51)54)43-27-25-41(26-28-43)39-15-6-3-7-16-39/h3-38H,1-2H3. The third kappa shape index (κ3) is 5.79. The highest BCUT2D eigenvalue weighted by atomic mass is 15.1. The molecule has 1 aliphatic rings. The summed E-state index contributed by atoms with van der Waals surface area (Å²) in [5.41, 5.74) is 19.4. The van der Waals surface area contributed by atoms with Crippen LogP contribution in [0.2, 0.25) is 0 Å². The second-order valence-corrected chi connectivity index (χ2v) is 16.2. The van der Waals surface area contributed by atoms with Crippen molar-refractivity contribution in [3.63, 3.8) is 0 Å². The van der Waals surface area contributed by atoms with E-state index in [1.165, 1.54) is 71.9 Å². The Morgan fingerprint density at radius 2 is 0.864 bits per heavy atom. The molecule has 0 aliphatic heterocycles. The molecule has 11 rings (SSSR count). The molecular formula is C57H42N2. The lowest BCUT2D eigenvalue weighted by Crippen LogP contribution is -2.16. The summed E-state index contributed by atoms with van der Waals surface area (Å²) in [7, 11) is 0. The molecule has 2 heteroatoms. The number of benzene rings is 9. The van der Waals surface area contributed by atoms with Crippen molar-refractivity contribution >= 4 is 38.9 Å². The molecule has 0 N–H and O–H groups in total. The maximum absolute atomic E-state index is 2.44. The van der Waals surface area contributed by atoms with Crippen molar-refractivity contribution in [1.82, 2.24) is 4.57 Å². The minimum absolute atomic E-state index is 0.121. The van der Waals surface area contributed by atoms with E-state index in [2.05, 4.69) is 242 Å². The Labute approximate surface area is 345 Å². The Bertz CT molecular complexity index is 3140. The molecule has 1 aromatic heterocycles. The van der Waals surface area contributed by atoms with E-state index >= 15 is 0 Å². The Balaban J connectivity index is 1.11. The topological polar surface area (TPSA) is 8.17 Å². The van der Waals surface area contributed by atoms with Crippen molar-refractivity contribution in [3.8, 4) is 50.2 Å². The minimum atomic E-state index is -0.121. The molecule has 0 bridgehead atoms. The predicted molar refractivity (Wildman–Crippen MR) is 249 cm³/mol. The highest BCUT2D eigenvalue weighted by Crippen LogP contribution is 2.51. The second-order valence-electron chi connectivity index (χ2n) is 16.2. The Morgan fingerprint density at radius 1 is 0.356 bits per heavy atom. The highest BCUT2D eigenvalue weighted by Gasteiger charge is 2.35. The normalized spacial score (nSPS) is 12.7. The average molecular weight is 755 g/mol. The van der Waals surface area contributed by atoms with Crippen LogP contribution in [0.3, 0.4) is 0 Å². The number of aromatic nitrogens is 1. The first kappa shape index (κ1) is 34.8. The summed E-state index contributed by atoms with van der Waals surface area (Å²) in [5.74, 6) is 0. The van der Waals surface area contributed by atoms with Crippen molar-refractivity contribution in [2.45, 2.75) is 19.3 Å². The molecule has 0 saturated carbocycles. The number of anilines is 3. The van der Waals surface area contributed by atoms with E-state index in [-0.39, 0.29) is 5.41 Å². The van der Waals surface area contributed by atoms with Crippen LogP contribution in [0.15, 0.2) is 218 Å². The summed E-state index contributed by atoms with van der Waals surface area (Å²) in [5, 5.41) is 2.47. The van der Waals surface area contributed by atoms with Crippen LogP contribution in [-0.2, 0) is 5.41 Å². The molecule has 0 unspecified atom stereocenters. The molecule has 0 spiro atoms. The number of nitrogens with zero attached hydrogens (tertiary/aromatic N) is 2. The summed E-state index contributed by atoms with van der Waals surface area (Å²) in [6.07, 6.45) is 0. The maximum atomic E-state index is 2.44. The first-order valence-electron chi connectivity index (χ1n) is 20.5. The highest BCUT2D eigenvalue weighted by molar-refractivity contribution is 6.16. The van der Waals surface area contributed by atoms with E-state index in [4.69, 9.17) is 0 Å². The fourth-order valence-electron chi connectivity index (χ4n) is 9.48. The number of hydrogen-bond donors (Lipinski definition) is 0. The Kier molecular flexibility index (Phi) is 8.20. The summed E-state index contributed by atoms with van der Waals surface area (Å²) >= 11 is 0. The van der Waals surface area contributed by atoms with Crippen molar-refractivity contribution in [2.24, 2.45) is 0 Å². The number of hydrogen-bond acceptors (Lipinski definition) is 1. The molecule has 1 aliphatic carbocycles. The van der Waals surface area contributed by atoms with Crippen LogP contribution in [0.4, 0.5) is 17.1 Å². The van der Waals surface area contributed by atoms with Gasteiger partial charge in [-0.1, -0.05) is 178 Å². The maximum Gasteiger partial charge on any atom is 0.0562 e. The smallest absolute Gasteiger partial charge is 0.0562 e. The molecule has 0 radical (unpaired) electrons. The molecule has 1 heterocycles. The van der Waals surface area contributed by atoms with Gasteiger partial charge in [-0.05, 0) is 110 Å². The quantitative estimate of drug-likeness (QED) is 0.157. The van der Waals surface area contributed by atoms with Gasteiger partial charge in [0.1, 0.15) is 0 Å². The van der Waals surface area contributed by atoms with Gasteiger partial charge < -0.3 is 9.47 Å². The Morgan fingerprint density at radius 3 is 1.56 bits per heavy atom. The van der Waals surface area contributed by atoms with Crippen molar-refractivity contribution in [3.05, 3.63) is 230 Å². The van der Waals surface area contributed by atoms with Gasteiger partial charge in [0.05, 0.1) is 11.0 Å². The van der Waals surface area contributed by atoms with Crippen LogP contribution >= 0.6 is 0 Å². The molecule has 280 valence electrons. The molecule has 0 fully saturated rings. The summed E-state index contributed by atoms with van der Waals surface area (Å²) in [6, 6.07) is 79.8. The molecule has 59 heavy (non-hydrogen) atoms. The zero-order chi connectivity index (χ0) is 39.5. The van der Waals surface area contributed by atoms with Gasteiger partial charge in [-0.15, -0.1) is 0 Å². The zero-order valence-corrected chi connectivity index (χ0v) is 33.2. The third-order valence-electron chi connectivity index (χ3n) is 12.4. The van der Waals surface area contributed by atoms with E-state index in [9.17, 15) is 0 Å². The SMILES string of the molecule is CC1(C)c2ccccc2-c2ccc(N(c3ccc(-c4ccccc4)cc3)c3ccc4c5c(-c6ccc(-c7ccccc7)cc6)cccc5n(-c5ccccc5)c4c3)cc21. The first-order valence-corrected chi connectivity index (χ1v) is 20.5. The lowest BCUT2D eigenvalue weighted by Gasteiger charge is -2.28. The predicted octanol–water partition coefficient (Wildman–Crippen LogP) is 15.6. The van der Waals surface area contributed by atoms with Crippen LogP contribution in [0, 0.1) is 0 Å². The van der Waals surface area contributed by atoms with Gasteiger partial charge in [-0.3, -0.25) is 0 Å². The number of para-hydroxylation sites is 1. The van der Waals surface area contributed by atoms with Gasteiger partial charge in [-0.25, -0.2) is 0 Å². The van der Waals surface area contributed by atoms with Gasteiger partial charge in [-0.2, -0.15) is 0 Å². The van der Waals surface area contributed by atoms with Crippen molar-refractivity contribution in [2.75, 3.05) is 4.90 Å². The van der Waals surface area contributed by atoms with Gasteiger partial charge in [0.15, 0.2) is 0 Å². The van der Waals surface area contributed by atoms with E-state index < -0.39 is 0 Å². The molecule has 0 amide bonds. The van der Waals surface area contributed by atoms with E-state index in [1.54, 1.807) is 0 Å². The van der Waals surface area contributed by atoms with Crippen LogP contribution in [0.5, 0.6) is 0 Å². The fraction of sp³-hybridized carbons (Fsp3) is 0.0526. The van der Waals surface area contributed by atoms with E-state index in [0.717, 1.165) is 28.3 Å². The van der Waals surface area contributed by atoms with Crippen molar-refractivity contribution < 1.29 is 0 Å². The van der Waals surface area contributed by atoms with Gasteiger partial charge in [0.2, 0.25) is 0 Å². The first-order chi connectivity index (χ1) is 29.0. The lowest BCUT2D eigenvalue weighted by atomic mass is 9.82. The number of fused-ring (bicyclic) bond motifs is 6. The summed E-state index contributed by atoms with van der Waals surface area (Å²) in [4.78, 5) is 2.43. The second kappa shape index (κ2) is 13.9. The van der Waals surface area contributed by atoms with Crippen LogP contribution in [-0.4, -0.2) is 4.57 Å². The van der Waals surface area contributed by atoms with Crippen molar-refractivity contribution in [1.29, 1.82) is 0 Å². The van der Waals surface area contributed by atoms with Gasteiger partial charge in [0.25, 0.3) is 0 Å². The summed E-state index contributed by atoms with van der Waals surface area (Å²) < 4.78 is 2.44. The molecule has 0 atom stereocenters. The van der Waals surface area contributed by atoms with Crippen LogP contribution in [0.25, 0.3) is 72.0 Å². The monoisotopic (exact) mass is 754 g/mol. The van der Waals surface area contributed by atoms with Gasteiger partial charge >= 0.3 is 0 Å². The Hall–Kier alpha value is -7.42. The van der Waals surface area contributed by atoms with E-state index in [0.29, 0.717) is 0 Å². The minimum Gasteiger partial charge on any atom is -0.310 e. The zero-order valence-electron chi connectivity index (χ0n) is 33.2. The summed E-state index contributed by atoms with van der Waals surface area (Å²) in [6.45, 7) is 4.72. The third-order valence-corrected chi connectivity index (χ3v) is 12.4. The molecular weight excluding hydrogens is 713 g/mol. The molecule has 0 saturated heterocycles. The molecule has 9 aromatic carbocycles.